The van der Waals surface area contributed by atoms with Gasteiger partial charge in [-0.1, -0.05) is 11.8 Å². The summed E-state index contributed by atoms with van der Waals surface area (Å²) in [5.41, 5.74) is 0.0693. The number of nitrogens with one attached hydrogen (secondary N) is 2. The van der Waals surface area contributed by atoms with E-state index >= 15 is 0 Å². The highest BCUT2D eigenvalue weighted by molar-refractivity contribution is 7.98. The highest BCUT2D eigenvalue weighted by atomic mass is 32.2. The van der Waals surface area contributed by atoms with Crippen LogP contribution in [0, 0.1) is 12.8 Å². The first-order chi connectivity index (χ1) is 11.5. The number of hydrogen-bond acceptors (Lipinski definition) is 6. The number of aromatic carboxylic acids is 1. The normalized spacial score (nSPS) is 13.7. The maximum absolute atomic E-state index is 11.9. The lowest BCUT2D eigenvalue weighted by Gasteiger charge is -2.06. The number of anilines is 1. The largest absolute Gasteiger partial charge is 0.477 e. The summed E-state index contributed by atoms with van der Waals surface area (Å²) in [5, 5.41) is 15.6. The molecule has 1 aliphatic rings. The number of hydrogen-bond donors (Lipinski definition) is 3. The first kappa shape index (κ1) is 17.2. The fraction of sp³-hybridized carbons (Fsp3) is 0.400. The van der Waals surface area contributed by atoms with Crippen molar-refractivity contribution in [1.29, 1.82) is 0 Å². The monoisotopic (exact) mass is 383 g/mol. The van der Waals surface area contributed by atoms with Crippen LogP contribution in [0.25, 0.3) is 0 Å². The summed E-state index contributed by atoms with van der Waals surface area (Å²) in [7, 11) is 0. The summed E-state index contributed by atoms with van der Waals surface area (Å²) in [6, 6.07) is 3.69. The van der Waals surface area contributed by atoms with Gasteiger partial charge in [-0.15, -0.1) is 11.3 Å². The number of thioether (sulfide) groups is 1. The van der Waals surface area contributed by atoms with Gasteiger partial charge in [0, 0.05) is 22.1 Å². The van der Waals surface area contributed by atoms with Crippen LogP contribution in [0.4, 0.5) is 9.80 Å². The number of carbonyl (C=O) groups excluding carboxylic acids is 1. The van der Waals surface area contributed by atoms with E-state index < -0.39 is 5.97 Å². The molecule has 2 amide bonds. The van der Waals surface area contributed by atoms with Gasteiger partial charge < -0.3 is 10.4 Å². The van der Waals surface area contributed by atoms with Crippen molar-refractivity contribution < 1.29 is 14.7 Å². The van der Waals surface area contributed by atoms with Crippen LogP contribution in [-0.4, -0.2) is 28.0 Å². The third kappa shape index (κ3) is 4.49. The van der Waals surface area contributed by atoms with Crippen LogP contribution in [0.15, 0.2) is 17.2 Å². The van der Waals surface area contributed by atoms with Crippen molar-refractivity contribution in [1.82, 2.24) is 9.69 Å². The molecule has 128 valence electrons. The lowest BCUT2D eigenvalue weighted by molar-refractivity contribution is 0.0694. The van der Waals surface area contributed by atoms with Crippen molar-refractivity contribution in [3.8, 4) is 0 Å². The van der Waals surface area contributed by atoms with Gasteiger partial charge in [-0.25, -0.2) is 9.59 Å². The zero-order valence-corrected chi connectivity index (χ0v) is 15.4. The third-order valence-electron chi connectivity index (χ3n) is 3.50. The number of rotatable bonds is 7. The van der Waals surface area contributed by atoms with Crippen molar-refractivity contribution in [2.75, 3.05) is 11.9 Å². The average Bonchev–Trinajstić information content (AvgIpc) is 3.14. The Balaban J connectivity index is 1.64. The zero-order chi connectivity index (χ0) is 17.1. The van der Waals surface area contributed by atoms with Crippen molar-refractivity contribution in [2.45, 2.75) is 30.5 Å². The quantitative estimate of drug-likeness (QED) is 0.628. The van der Waals surface area contributed by atoms with Gasteiger partial charge in [-0.3, -0.25) is 5.32 Å². The fourth-order valence-electron chi connectivity index (χ4n) is 2.06. The molecule has 2 aromatic rings. The maximum atomic E-state index is 11.9. The summed E-state index contributed by atoms with van der Waals surface area (Å²) in [4.78, 5) is 25.8. The van der Waals surface area contributed by atoms with E-state index in [9.17, 15) is 14.7 Å². The molecule has 24 heavy (non-hydrogen) atoms. The van der Waals surface area contributed by atoms with Gasteiger partial charge in [0.05, 0.1) is 0 Å². The summed E-state index contributed by atoms with van der Waals surface area (Å²) >= 11 is 4.06. The molecule has 2 heterocycles. The molecule has 1 fully saturated rings. The smallest absolute Gasteiger partial charge is 0.341 e. The van der Waals surface area contributed by atoms with E-state index in [1.54, 1.807) is 11.3 Å². The molecule has 0 aliphatic heterocycles. The Labute approximate surface area is 151 Å². The molecule has 1 saturated carbocycles. The SMILES string of the molecule is Cc1ccc(CSc2nsc(NC(=O)NCC3CC3)c2C(=O)O)s1. The van der Waals surface area contributed by atoms with Gasteiger partial charge in [0.15, 0.2) is 0 Å². The van der Waals surface area contributed by atoms with E-state index in [0.29, 0.717) is 23.2 Å². The molecule has 0 atom stereocenters. The van der Waals surface area contributed by atoms with Crippen molar-refractivity contribution in [3.05, 3.63) is 27.5 Å². The standard InChI is InChI=1S/C15H17N3O3S3/c1-8-2-5-10(23-8)7-22-13-11(14(19)20)12(24-18-13)17-15(21)16-6-9-3-4-9/h2,5,9H,3-4,6-7H2,1H3,(H,19,20)(H2,16,17,21). The predicted octanol–water partition coefficient (Wildman–Crippen LogP) is 4.04. The maximum Gasteiger partial charge on any atom is 0.341 e. The number of aromatic nitrogens is 1. The zero-order valence-electron chi connectivity index (χ0n) is 13.0. The molecule has 1 aliphatic carbocycles. The fourth-order valence-corrected chi connectivity index (χ4v) is 4.93. The van der Waals surface area contributed by atoms with Crippen molar-refractivity contribution in [2.24, 2.45) is 5.92 Å². The number of carboxylic acid groups (broad SMARTS) is 1. The lowest BCUT2D eigenvalue weighted by atomic mass is 10.3. The van der Waals surface area contributed by atoms with Gasteiger partial charge in [-0.2, -0.15) is 4.37 Å². The molecular formula is C15H17N3O3S3. The van der Waals surface area contributed by atoms with Crippen LogP contribution in [0.3, 0.4) is 0 Å². The average molecular weight is 384 g/mol. The number of amides is 2. The predicted molar refractivity (Wildman–Crippen MR) is 97.4 cm³/mol. The molecule has 9 heteroatoms. The van der Waals surface area contributed by atoms with Crippen LogP contribution >= 0.6 is 34.6 Å². The van der Waals surface area contributed by atoms with Gasteiger partial charge in [0.2, 0.25) is 0 Å². The Kier molecular flexibility index (Phi) is 5.42. The summed E-state index contributed by atoms with van der Waals surface area (Å²) in [6.07, 6.45) is 2.29. The Morgan fingerprint density at radius 2 is 2.21 bits per heavy atom. The van der Waals surface area contributed by atoms with Gasteiger partial charge in [-0.05, 0) is 49.3 Å². The van der Waals surface area contributed by atoms with Gasteiger partial charge in [0.1, 0.15) is 15.6 Å². The molecule has 0 bridgehead atoms. The number of aryl methyl sites for hydroxylation is 1. The summed E-state index contributed by atoms with van der Waals surface area (Å²) < 4.78 is 4.21. The van der Waals surface area contributed by atoms with E-state index in [4.69, 9.17) is 0 Å². The second-order valence-electron chi connectivity index (χ2n) is 5.58. The molecule has 6 nitrogen and oxygen atoms in total. The molecule has 3 N–H and O–H groups in total. The van der Waals surface area contributed by atoms with Crippen LogP contribution in [0.2, 0.25) is 0 Å². The lowest BCUT2D eigenvalue weighted by Crippen LogP contribution is -2.30. The Bertz CT molecular complexity index is 752. The van der Waals surface area contributed by atoms with E-state index in [-0.39, 0.29) is 16.6 Å². The number of carbonyl (C=O) groups is 2. The molecule has 0 saturated heterocycles. The minimum Gasteiger partial charge on any atom is -0.477 e. The summed E-state index contributed by atoms with van der Waals surface area (Å²) in [5.74, 6) is 0.151. The highest BCUT2D eigenvalue weighted by Gasteiger charge is 2.24. The molecule has 0 aromatic carbocycles. The second kappa shape index (κ2) is 7.54. The number of thiophene rings is 1. The molecular weight excluding hydrogens is 366 g/mol. The number of urea groups is 1. The van der Waals surface area contributed by atoms with E-state index in [0.717, 1.165) is 24.4 Å². The van der Waals surface area contributed by atoms with Crippen LogP contribution in [0.1, 0.15) is 33.0 Å². The number of nitrogens with zero attached hydrogens (tertiary/aromatic N) is 1. The van der Waals surface area contributed by atoms with Gasteiger partial charge in [0.25, 0.3) is 0 Å². The van der Waals surface area contributed by atoms with Crippen molar-refractivity contribution >= 4 is 51.6 Å². The highest BCUT2D eigenvalue weighted by Crippen LogP contribution is 2.34. The Hall–Kier alpha value is -1.58. The second-order valence-corrected chi connectivity index (χ2v) is 8.69. The first-order valence-electron chi connectivity index (χ1n) is 7.49. The van der Waals surface area contributed by atoms with E-state index in [1.807, 2.05) is 19.1 Å². The molecule has 3 rings (SSSR count). The minimum absolute atomic E-state index is 0.0693. The van der Waals surface area contributed by atoms with E-state index in [2.05, 4.69) is 15.0 Å². The molecule has 0 unspecified atom stereocenters. The topological polar surface area (TPSA) is 91.3 Å². The Morgan fingerprint density at radius 1 is 1.42 bits per heavy atom. The number of carboxylic acids is 1. The first-order valence-corrected chi connectivity index (χ1v) is 10.1. The molecule has 2 aromatic heterocycles. The van der Waals surface area contributed by atoms with Crippen LogP contribution < -0.4 is 10.6 Å². The molecule has 0 radical (unpaired) electrons. The van der Waals surface area contributed by atoms with Crippen LogP contribution in [0.5, 0.6) is 0 Å². The van der Waals surface area contributed by atoms with E-state index in [1.165, 1.54) is 21.5 Å². The molecule has 0 spiro atoms. The minimum atomic E-state index is -1.08. The third-order valence-corrected chi connectivity index (χ3v) is 6.58. The van der Waals surface area contributed by atoms with Crippen molar-refractivity contribution in [3.63, 3.8) is 0 Å². The van der Waals surface area contributed by atoms with Gasteiger partial charge >= 0.3 is 12.0 Å². The van der Waals surface area contributed by atoms with Crippen LogP contribution in [-0.2, 0) is 5.75 Å². The summed E-state index contributed by atoms with van der Waals surface area (Å²) in [6.45, 7) is 2.67. The Morgan fingerprint density at radius 3 is 2.83 bits per heavy atom.